The van der Waals surface area contributed by atoms with Crippen LogP contribution in [0.3, 0.4) is 0 Å². The average Bonchev–Trinajstić information content (AvgIpc) is 2.34. The minimum atomic E-state index is -3.35. The molecule has 6 heteroatoms. The SMILES string of the molecule is O=S(=O)(Nc1ccc(F)cc1I)C1CCCCC1. The Bertz CT molecular complexity index is 527. The van der Waals surface area contributed by atoms with Crippen molar-refractivity contribution in [3.05, 3.63) is 27.6 Å². The van der Waals surface area contributed by atoms with Gasteiger partial charge in [-0.2, -0.15) is 0 Å². The molecular formula is C12H15FINO2S. The summed E-state index contributed by atoms with van der Waals surface area (Å²) < 4.78 is 40.5. The van der Waals surface area contributed by atoms with E-state index in [1.54, 1.807) is 0 Å². The zero-order valence-electron chi connectivity index (χ0n) is 9.83. The number of sulfonamides is 1. The molecular weight excluding hydrogens is 368 g/mol. The molecule has 1 saturated carbocycles. The molecule has 1 fully saturated rings. The molecule has 0 bridgehead atoms. The van der Waals surface area contributed by atoms with Crippen LogP contribution >= 0.6 is 22.6 Å². The lowest BCUT2D eigenvalue weighted by Crippen LogP contribution is -2.30. The van der Waals surface area contributed by atoms with E-state index < -0.39 is 10.0 Å². The van der Waals surface area contributed by atoms with Gasteiger partial charge in [-0.15, -0.1) is 0 Å². The molecule has 3 nitrogen and oxygen atoms in total. The van der Waals surface area contributed by atoms with E-state index in [2.05, 4.69) is 4.72 Å². The van der Waals surface area contributed by atoms with Crippen molar-refractivity contribution < 1.29 is 12.8 Å². The Morgan fingerprint density at radius 3 is 2.50 bits per heavy atom. The summed E-state index contributed by atoms with van der Waals surface area (Å²) in [4.78, 5) is 0. The molecule has 0 radical (unpaired) electrons. The normalized spacial score (nSPS) is 17.7. The third-order valence-corrected chi connectivity index (χ3v) is 5.92. The molecule has 1 aromatic carbocycles. The highest BCUT2D eigenvalue weighted by Crippen LogP contribution is 2.27. The van der Waals surface area contributed by atoms with Crippen molar-refractivity contribution >= 4 is 38.3 Å². The molecule has 1 aromatic rings. The van der Waals surface area contributed by atoms with E-state index in [4.69, 9.17) is 0 Å². The minimum Gasteiger partial charge on any atom is -0.282 e. The Hall–Kier alpha value is -0.370. The summed E-state index contributed by atoms with van der Waals surface area (Å²) in [6.45, 7) is 0. The Morgan fingerprint density at radius 1 is 1.22 bits per heavy atom. The third-order valence-electron chi connectivity index (χ3n) is 3.17. The van der Waals surface area contributed by atoms with Crippen LogP contribution in [0.5, 0.6) is 0 Å². The predicted octanol–water partition coefficient (Wildman–Crippen LogP) is 3.50. The molecule has 100 valence electrons. The molecule has 0 spiro atoms. The molecule has 0 aromatic heterocycles. The smallest absolute Gasteiger partial charge is 0.235 e. The average molecular weight is 383 g/mol. The molecule has 1 aliphatic rings. The van der Waals surface area contributed by atoms with Crippen LogP contribution in [0.1, 0.15) is 32.1 Å². The summed E-state index contributed by atoms with van der Waals surface area (Å²) in [5.41, 5.74) is 0.461. The van der Waals surface area contributed by atoms with Gasteiger partial charge in [0.25, 0.3) is 0 Å². The lowest BCUT2D eigenvalue weighted by atomic mass is 10.0. The van der Waals surface area contributed by atoms with Gasteiger partial charge in [-0.25, -0.2) is 12.8 Å². The van der Waals surface area contributed by atoms with Gasteiger partial charge in [0.05, 0.1) is 10.9 Å². The first-order valence-electron chi connectivity index (χ1n) is 5.96. The molecule has 0 amide bonds. The van der Waals surface area contributed by atoms with Crippen LogP contribution in [-0.4, -0.2) is 13.7 Å². The van der Waals surface area contributed by atoms with Gasteiger partial charge < -0.3 is 0 Å². The van der Waals surface area contributed by atoms with Crippen molar-refractivity contribution in [2.45, 2.75) is 37.4 Å². The zero-order valence-corrected chi connectivity index (χ0v) is 12.8. The van der Waals surface area contributed by atoms with E-state index in [0.717, 1.165) is 19.3 Å². The van der Waals surface area contributed by atoms with Gasteiger partial charge in [-0.1, -0.05) is 19.3 Å². The first-order valence-corrected chi connectivity index (χ1v) is 8.58. The monoisotopic (exact) mass is 383 g/mol. The zero-order chi connectivity index (χ0) is 13.2. The topological polar surface area (TPSA) is 46.2 Å². The number of hydrogen-bond acceptors (Lipinski definition) is 2. The molecule has 0 saturated heterocycles. The molecule has 0 atom stereocenters. The van der Waals surface area contributed by atoms with Crippen molar-refractivity contribution in [1.82, 2.24) is 0 Å². The molecule has 1 aliphatic carbocycles. The fraction of sp³-hybridized carbons (Fsp3) is 0.500. The summed E-state index contributed by atoms with van der Waals surface area (Å²) in [6, 6.07) is 4.05. The maximum absolute atomic E-state index is 13.0. The Kier molecular flexibility index (Phi) is 4.47. The van der Waals surface area contributed by atoms with E-state index in [0.29, 0.717) is 22.1 Å². The second-order valence-corrected chi connectivity index (χ2v) is 7.65. The van der Waals surface area contributed by atoms with Gasteiger partial charge in [-0.3, -0.25) is 4.72 Å². The lowest BCUT2D eigenvalue weighted by Gasteiger charge is -2.22. The van der Waals surface area contributed by atoms with Crippen molar-refractivity contribution in [3.8, 4) is 0 Å². The summed E-state index contributed by atoms with van der Waals surface area (Å²) in [5.74, 6) is -0.361. The van der Waals surface area contributed by atoms with Gasteiger partial charge in [0.15, 0.2) is 0 Å². The van der Waals surface area contributed by atoms with E-state index in [1.807, 2.05) is 22.6 Å². The highest BCUT2D eigenvalue weighted by Gasteiger charge is 2.27. The Labute approximate surface area is 120 Å². The highest BCUT2D eigenvalue weighted by molar-refractivity contribution is 14.1. The summed E-state index contributed by atoms with van der Waals surface area (Å²) in [5, 5.41) is -0.313. The van der Waals surface area contributed by atoms with E-state index in [-0.39, 0.29) is 11.1 Å². The van der Waals surface area contributed by atoms with Gasteiger partial charge >= 0.3 is 0 Å². The lowest BCUT2D eigenvalue weighted by molar-refractivity contribution is 0.486. The molecule has 2 rings (SSSR count). The summed E-state index contributed by atoms with van der Waals surface area (Å²) in [7, 11) is -3.35. The highest BCUT2D eigenvalue weighted by atomic mass is 127. The molecule has 0 unspecified atom stereocenters. The number of anilines is 1. The van der Waals surface area contributed by atoms with Gasteiger partial charge in [0.1, 0.15) is 5.82 Å². The maximum atomic E-state index is 13.0. The van der Waals surface area contributed by atoms with Crippen LogP contribution in [0.25, 0.3) is 0 Å². The quantitative estimate of drug-likeness (QED) is 0.813. The largest absolute Gasteiger partial charge is 0.282 e. The first-order chi connectivity index (χ1) is 8.49. The number of rotatable bonds is 3. The summed E-state index contributed by atoms with van der Waals surface area (Å²) in [6.07, 6.45) is 4.47. The maximum Gasteiger partial charge on any atom is 0.235 e. The number of benzene rings is 1. The molecule has 0 aliphatic heterocycles. The first kappa shape index (κ1) is 14.0. The van der Waals surface area contributed by atoms with Gasteiger partial charge in [-0.05, 0) is 53.6 Å². The summed E-state index contributed by atoms with van der Waals surface area (Å²) >= 11 is 1.93. The van der Waals surface area contributed by atoms with Crippen LogP contribution in [0.2, 0.25) is 0 Å². The van der Waals surface area contributed by atoms with E-state index in [9.17, 15) is 12.8 Å². The standard InChI is InChI=1S/C12H15FINO2S/c13-9-6-7-12(11(14)8-9)15-18(16,17)10-4-2-1-3-5-10/h6-8,10,15H,1-5H2. The Morgan fingerprint density at radius 2 is 1.89 bits per heavy atom. The van der Waals surface area contributed by atoms with Crippen LogP contribution in [0, 0.1) is 9.39 Å². The van der Waals surface area contributed by atoms with Gasteiger partial charge in [0.2, 0.25) is 10.0 Å². The number of halogens is 2. The van der Waals surface area contributed by atoms with Crippen molar-refractivity contribution in [1.29, 1.82) is 0 Å². The van der Waals surface area contributed by atoms with Crippen LogP contribution in [0.4, 0.5) is 10.1 Å². The fourth-order valence-corrected chi connectivity index (χ4v) is 4.58. The van der Waals surface area contributed by atoms with Crippen molar-refractivity contribution in [3.63, 3.8) is 0 Å². The molecule has 1 N–H and O–H groups in total. The fourth-order valence-electron chi connectivity index (χ4n) is 2.18. The minimum absolute atomic E-state index is 0.313. The molecule has 18 heavy (non-hydrogen) atoms. The van der Waals surface area contributed by atoms with Crippen molar-refractivity contribution in [2.24, 2.45) is 0 Å². The number of nitrogens with one attached hydrogen (secondary N) is 1. The second-order valence-electron chi connectivity index (χ2n) is 4.53. The van der Waals surface area contributed by atoms with Gasteiger partial charge in [0, 0.05) is 3.57 Å². The van der Waals surface area contributed by atoms with Crippen LogP contribution in [-0.2, 0) is 10.0 Å². The van der Waals surface area contributed by atoms with Crippen LogP contribution in [0.15, 0.2) is 18.2 Å². The second kappa shape index (κ2) is 5.73. The van der Waals surface area contributed by atoms with Crippen molar-refractivity contribution in [2.75, 3.05) is 4.72 Å². The van der Waals surface area contributed by atoms with E-state index >= 15 is 0 Å². The molecule has 0 heterocycles. The van der Waals surface area contributed by atoms with Crippen LogP contribution < -0.4 is 4.72 Å². The predicted molar refractivity (Wildman–Crippen MR) is 78.5 cm³/mol. The third kappa shape index (κ3) is 3.34. The Balaban J connectivity index is 2.16. The number of hydrogen-bond donors (Lipinski definition) is 1. The van der Waals surface area contributed by atoms with E-state index in [1.165, 1.54) is 18.2 Å².